The maximum absolute atomic E-state index is 13.5. The lowest BCUT2D eigenvalue weighted by Crippen LogP contribution is -2.10. The number of fused-ring (bicyclic) bond motifs is 3. The van der Waals surface area contributed by atoms with Crippen LogP contribution in [0.1, 0.15) is 35.2 Å². The number of nitrogens with two attached hydrogens (primary N) is 1. The number of hydrogen-bond acceptors (Lipinski definition) is 7. The lowest BCUT2D eigenvalue weighted by Gasteiger charge is -2.17. The lowest BCUT2D eigenvalue weighted by atomic mass is 9.89. The largest absolute Gasteiger partial charge is 0.383 e. The molecule has 5 rings (SSSR count). The van der Waals surface area contributed by atoms with E-state index in [1.165, 1.54) is 27.7 Å². The molecule has 148 valence electrons. The summed E-state index contributed by atoms with van der Waals surface area (Å²) in [6.45, 7) is 4.26. The molecular formula is C20H20FN7S. The molecule has 4 aromatic rings. The number of benzene rings is 1. The second-order valence-corrected chi connectivity index (χ2v) is 8.75. The Hall–Kier alpha value is -2.94. The fourth-order valence-corrected chi connectivity index (χ4v) is 5.23. The van der Waals surface area contributed by atoms with Crippen molar-refractivity contribution in [1.29, 1.82) is 0 Å². The number of anilines is 1. The monoisotopic (exact) mass is 409 g/mol. The van der Waals surface area contributed by atoms with Crippen molar-refractivity contribution in [2.45, 2.75) is 39.7 Å². The van der Waals surface area contributed by atoms with Gasteiger partial charge in [-0.1, -0.05) is 6.92 Å². The quantitative estimate of drug-likeness (QED) is 0.556. The van der Waals surface area contributed by atoms with E-state index >= 15 is 0 Å². The van der Waals surface area contributed by atoms with E-state index in [9.17, 15) is 4.39 Å². The first-order valence-electron chi connectivity index (χ1n) is 9.59. The third-order valence-corrected chi connectivity index (χ3v) is 6.53. The molecule has 1 unspecified atom stereocenters. The molecule has 0 saturated carbocycles. The first-order chi connectivity index (χ1) is 14.0. The van der Waals surface area contributed by atoms with E-state index in [-0.39, 0.29) is 12.4 Å². The van der Waals surface area contributed by atoms with E-state index in [2.05, 4.69) is 27.3 Å². The Kier molecular flexibility index (Phi) is 4.27. The summed E-state index contributed by atoms with van der Waals surface area (Å²) in [5.41, 5.74) is 8.87. The Balaban J connectivity index is 1.45. The number of aromatic nitrogens is 6. The Labute approximate surface area is 170 Å². The Bertz CT molecular complexity index is 1230. The van der Waals surface area contributed by atoms with Crippen molar-refractivity contribution in [1.82, 2.24) is 30.2 Å². The predicted octanol–water partition coefficient (Wildman–Crippen LogP) is 3.55. The highest BCUT2D eigenvalue weighted by Gasteiger charge is 2.23. The summed E-state index contributed by atoms with van der Waals surface area (Å²) in [5, 5.41) is 13.6. The van der Waals surface area contributed by atoms with Crippen molar-refractivity contribution in [2.75, 3.05) is 5.73 Å². The molecular weight excluding hydrogens is 389 g/mol. The van der Waals surface area contributed by atoms with E-state index in [1.54, 1.807) is 30.4 Å². The van der Waals surface area contributed by atoms with Gasteiger partial charge in [0.1, 0.15) is 23.0 Å². The summed E-state index contributed by atoms with van der Waals surface area (Å²) in [5.74, 6) is 1.94. The van der Waals surface area contributed by atoms with Crippen LogP contribution >= 0.6 is 11.3 Å². The van der Waals surface area contributed by atoms with Crippen molar-refractivity contribution in [3.63, 3.8) is 0 Å². The number of halogens is 1. The molecule has 0 aliphatic heterocycles. The topological polar surface area (TPSA) is 95.4 Å². The van der Waals surface area contributed by atoms with Gasteiger partial charge in [-0.05, 0) is 66.6 Å². The van der Waals surface area contributed by atoms with E-state index in [0.29, 0.717) is 34.5 Å². The Morgan fingerprint density at radius 1 is 1.31 bits per heavy atom. The van der Waals surface area contributed by atoms with Crippen molar-refractivity contribution < 1.29 is 4.39 Å². The zero-order valence-electron chi connectivity index (χ0n) is 16.2. The molecule has 1 atom stereocenters. The summed E-state index contributed by atoms with van der Waals surface area (Å²) in [6.07, 6.45) is 3.29. The summed E-state index contributed by atoms with van der Waals surface area (Å²) in [6, 6.07) is 4.75. The van der Waals surface area contributed by atoms with E-state index in [0.717, 1.165) is 23.1 Å². The van der Waals surface area contributed by atoms with Crippen molar-refractivity contribution in [3.05, 3.63) is 45.8 Å². The minimum Gasteiger partial charge on any atom is -0.383 e. The molecule has 0 bridgehead atoms. The molecule has 0 spiro atoms. The minimum absolute atomic E-state index is 0.258. The number of aryl methyl sites for hydroxylation is 2. The van der Waals surface area contributed by atoms with Crippen LogP contribution in [0.15, 0.2) is 18.2 Å². The van der Waals surface area contributed by atoms with Gasteiger partial charge in [-0.3, -0.25) is 0 Å². The van der Waals surface area contributed by atoms with Crippen LogP contribution in [0.25, 0.3) is 21.6 Å². The minimum atomic E-state index is -0.258. The summed E-state index contributed by atoms with van der Waals surface area (Å²) in [7, 11) is 0. The van der Waals surface area contributed by atoms with Crippen LogP contribution in [-0.2, 0) is 19.4 Å². The fraction of sp³-hybridized carbons (Fsp3) is 0.350. The third kappa shape index (κ3) is 3.25. The summed E-state index contributed by atoms with van der Waals surface area (Å²) < 4.78 is 13.5. The third-order valence-electron chi connectivity index (χ3n) is 5.38. The van der Waals surface area contributed by atoms with Crippen molar-refractivity contribution in [2.24, 2.45) is 5.92 Å². The van der Waals surface area contributed by atoms with Crippen LogP contribution in [-0.4, -0.2) is 30.2 Å². The molecule has 29 heavy (non-hydrogen) atoms. The number of rotatable bonds is 3. The maximum Gasteiger partial charge on any atom is 0.204 e. The molecule has 2 N–H and O–H groups in total. The van der Waals surface area contributed by atoms with Gasteiger partial charge >= 0.3 is 0 Å². The van der Waals surface area contributed by atoms with Crippen LogP contribution in [0, 0.1) is 18.7 Å². The Morgan fingerprint density at radius 3 is 3.00 bits per heavy atom. The van der Waals surface area contributed by atoms with E-state index in [1.807, 2.05) is 0 Å². The second-order valence-electron chi connectivity index (χ2n) is 7.66. The molecule has 0 saturated heterocycles. The molecule has 1 aliphatic rings. The molecule has 9 heteroatoms. The molecule has 7 nitrogen and oxygen atoms in total. The maximum atomic E-state index is 13.5. The SMILES string of the molecule is Cc1cc(-c2nnn(Cc3nc(N)c4c5c(sc4n3)CC(C)CC5)n2)ccc1F. The molecule has 3 aromatic heterocycles. The van der Waals surface area contributed by atoms with Gasteiger partial charge in [0.15, 0.2) is 5.82 Å². The van der Waals surface area contributed by atoms with Crippen LogP contribution in [0.4, 0.5) is 10.2 Å². The first-order valence-corrected chi connectivity index (χ1v) is 10.4. The van der Waals surface area contributed by atoms with Gasteiger partial charge in [0.2, 0.25) is 5.82 Å². The predicted molar refractivity (Wildman–Crippen MR) is 110 cm³/mol. The van der Waals surface area contributed by atoms with Gasteiger partial charge in [0, 0.05) is 10.4 Å². The van der Waals surface area contributed by atoms with Crippen molar-refractivity contribution >= 4 is 27.4 Å². The highest BCUT2D eigenvalue weighted by Crippen LogP contribution is 2.39. The van der Waals surface area contributed by atoms with Gasteiger partial charge < -0.3 is 5.73 Å². The normalized spacial score (nSPS) is 16.3. The van der Waals surface area contributed by atoms with Crippen LogP contribution < -0.4 is 5.73 Å². The number of tetrazole rings is 1. The van der Waals surface area contributed by atoms with E-state index < -0.39 is 0 Å². The standard InChI is InChI=1S/C20H20FN7S/c1-10-3-5-13-15(7-10)29-20-17(13)18(22)23-16(24-20)9-28-26-19(25-27-28)12-4-6-14(21)11(2)8-12/h4,6,8,10H,3,5,7,9H2,1-2H3,(H2,22,23,24). The van der Waals surface area contributed by atoms with E-state index in [4.69, 9.17) is 10.7 Å². The number of thiophene rings is 1. The average Bonchev–Trinajstić information content (AvgIpc) is 3.28. The zero-order valence-corrected chi connectivity index (χ0v) is 17.0. The number of hydrogen-bond donors (Lipinski definition) is 1. The number of nitrogen functional groups attached to an aromatic ring is 1. The highest BCUT2D eigenvalue weighted by atomic mass is 32.1. The fourth-order valence-electron chi connectivity index (χ4n) is 3.82. The van der Waals surface area contributed by atoms with Gasteiger partial charge in [0.05, 0.1) is 5.39 Å². The average molecular weight is 409 g/mol. The lowest BCUT2D eigenvalue weighted by molar-refractivity contribution is 0.509. The van der Waals surface area contributed by atoms with Gasteiger partial charge in [0.25, 0.3) is 0 Å². The molecule has 0 radical (unpaired) electrons. The van der Waals surface area contributed by atoms with Crippen molar-refractivity contribution in [3.8, 4) is 11.4 Å². The van der Waals surface area contributed by atoms with Gasteiger partial charge in [-0.15, -0.1) is 21.5 Å². The molecule has 0 fully saturated rings. The molecule has 3 heterocycles. The number of nitrogens with zero attached hydrogens (tertiary/aromatic N) is 6. The molecule has 1 aliphatic carbocycles. The van der Waals surface area contributed by atoms with Crippen LogP contribution in [0.5, 0.6) is 0 Å². The van der Waals surface area contributed by atoms with Crippen LogP contribution in [0.2, 0.25) is 0 Å². The smallest absolute Gasteiger partial charge is 0.204 e. The zero-order chi connectivity index (χ0) is 20.1. The van der Waals surface area contributed by atoms with Crippen LogP contribution in [0.3, 0.4) is 0 Å². The first kappa shape index (κ1) is 18.1. The van der Waals surface area contributed by atoms with Gasteiger partial charge in [-0.2, -0.15) is 4.80 Å². The molecule has 0 amide bonds. The Morgan fingerprint density at radius 2 is 2.17 bits per heavy atom. The summed E-state index contributed by atoms with van der Waals surface area (Å²) in [4.78, 5) is 13.0. The molecule has 1 aromatic carbocycles. The highest BCUT2D eigenvalue weighted by molar-refractivity contribution is 7.19. The summed E-state index contributed by atoms with van der Waals surface area (Å²) >= 11 is 1.72. The second kappa shape index (κ2) is 6.84. The van der Waals surface area contributed by atoms with Gasteiger partial charge in [-0.25, -0.2) is 14.4 Å².